The highest BCUT2D eigenvalue weighted by Gasteiger charge is 2.36. The van der Waals surface area contributed by atoms with E-state index in [0.717, 1.165) is 18.2 Å². The first-order chi connectivity index (χ1) is 9.70. The molecule has 0 amide bonds. The lowest BCUT2D eigenvalue weighted by Gasteiger charge is -2.14. The first-order valence-corrected chi connectivity index (χ1v) is 7.30. The van der Waals surface area contributed by atoms with Gasteiger partial charge < -0.3 is 0 Å². The van der Waals surface area contributed by atoms with E-state index in [2.05, 4.69) is 9.71 Å². The third-order valence-corrected chi connectivity index (χ3v) is 4.07. The summed E-state index contributed by atoms with van der Waals surface area (Å²) in [4.78, 5) is 3.07. The van der Waals surface area contributed by atoms with Gasteiger partial charge in [-0.25, -0.2) is 8.42 Å². The van der Waals surface area contributed by atoms with Crippen LogP contribution in [-0.2, 0) is 16.2 Å². The normalized spacial score (nSPS) is 12.2. The number of aromatic nitrogens is 1. The van der Waals surface area contributed by atoms with Gasteiger partial charge in [0.05, 0.1) is 16.1 Å². The van der Waals surface area contributed by atoms with Crippen molar-refractivity contribution in [3.8, 4) is 0 Å². The van der Waals surface area contributed by atoms with Gasteiger partial charge in [-0.2, -0.15) is 13.2 Å². The van der Waals surface area contributed by atoms with Gasteiger partial charge in [0.2, 0.25) is 0 Å². The van der Waals surface area contributed by atoms with Gasteiger partial charge in [0, 0.05) is 11.9 Å². The predicted molar refractivity (Wildman–Crippen MR) is 71.2 cm³/mol. The summed E-state index contributed by atoms with van der Waals surface area (Å²) in [5, 5.41) is 0. The average molecular weight is 316 g/mol. The van der Waals surface area contributed by atoms with Crippen molar-refractivity contribution in [1.82, 2.24) is 4.98 Å². The number of nitrogens with one attached hydrogen (secondary N) is 1. The van der Waals surface area contributed by atoms with E-state index in [4.69, 9.17) is 0 Å². The van der Waals surface area contributed by atoms with Crippen LogP contribution in [0.5, 0.6) is 0 Å². The molecule has 0 aliphatic carbocycles. The molecule has 0 saturated carbocycles. The monoisotopic (exact) mass is 316 g/mol. The Labute approximate surface area is 119 Å². The predicted octanol–water partition coefficient (Wildman–Crippen LogP) is 3.21. The van der Waals surface area contributed by atoms with Crippen molar-refractivity contribution in [3.63, 3.8) is 0 Å². The van der Waals surface area contributed by atoms with E-state index < -0.39 is 26.7 Å². The van der Waals surface area contributed by atoms with Crippen molar-refractivity contribution >= 4 is 15.7 Å². The van der Waals surface area contributed by atoms with Crippen molar-refractivity contribution in [3.05, 3.63) is 53.9 Å². The van der Waals surface area contributed by atoms with Gasteiger partial charge in [-0.3, -0.25) is 9.71 Å². The zero-order valence-electron chi connectivity index (χ0n) is 10.8. The second kappa shape index (κ2) is 5.36. The molecule has 2 rings (SSSR count). The minimum atomic E-state index is -4.75. The lowest BCUT2D eigenvalue weighted by atomic mass is 10.2. The number of hydrogen-bond donors (Lipinski definition) is 1. The summed E-state index contributed by atoms with van der Waals surface area (Å²) in [6.45, 7) is 1.64. The van der Waals surface area contributed by atoms with Crippen molar-refractivity contribution in [1.29, 1.82) is 0 Å². The summed E-state index contributed by atoms with van der Waals surface area (Å²) in [6.07, 6.45) is -3.39. The van der Waals surface area contributed by atoms with Crippen LogP contribution in [0.1, 0.15) is 11.3 Å². The Morgan fingerprint density at radius 2 is 1.81 bits per heavy atom. The summed E-state index contributed by atoms with van der Waals surface area (Å²) in [5.74, 6) is 0. The van der Waals surface area contributed by atoms with Gasteiger partial charge in [-0.1, -0.05) is 12.1 Å². The van der Waals surface area contributed by atoms with E-state index in [1.807, 2.05) is 0 Å². The highest BCUT2D eigenvalue weighted by Crippen LogP contribution is 2.34. The Kier molecular flexibility index (Phi) is 3.91. The molecule has 2 aromatic rings. The standard InChI is InChI=1S/C13H11F3N2O2S/c1-9-8-10(6-7-17-9)18-21(19,20)12-5-3-2-4-11(12)13(14,15)16/h2-8H,1H3,(H,17,18). The van der Waals surface area contributed by atoms with E-state index in [1.54, 1.807) is 6.92 Å². The van der Waals surface area contributed by atoms with Crippen molar-refractivity contribution < 1.29 is 21.6 Å². The number of aryl methyl sites for hydroxylation is 1. The number of halogens is 3. The maximum absolute atomic E-state index is 12.9. The Hall–Kier alpha value is -2.09. The minimum Gasteiger partial charge on any atom is -0.279 e. The van der Waals surface area contributed by atoms with E-state index in [0.29, 0.717) is 5.69 Å². The summed E-state index contributed by atoms with van der Waals surface area (Å²) in [7, 11) is -4.34. The van der Waals surface area contributed by atoms with E-state index in [-0.39, 0.29) is 5.69 Å². The third-order valence-electron chi connectivity index (χ3n) is 2.63. The van der Waals surface area contributed by atoms with Crippen molar-refractivity contribution in [2.75, 3.05) is 4.72 Å². The molecule has 21 heavy (non-hydrogen) atoms. The lowest BCUT2D eigenvalue weighted by Crippen LogP contribution is -2.18. The molecule has 0 bridgehead atoms. The van der Waals surface area contributed by atoms with Crippen LogP contribution < -0.4 is 4.72 Å². The molecule has 0 aliphatic rings. The Morgan fingerprint density at radius 3 is 2.43 bits per heavy atom. The van der Waals surface area contributed by atoms with Crippen molar-refractivity contribution in [2.24, 2.45) is 0 Å². The van der Waals surface area contributed by atoms with Crippen molar-refractivity contribution in [2.45, 2.75) is 18.0 Å². The topological polar surface area (TPSA) is 59.1 Å². The fraction of sp³-hybridized carbons (Fsp3) is 0.154. The molecule has 0 aliphatic heterocycles. The fourth-order valence-electron chi connectivity index (χ4n) is 1.75. The number of rotatable bonds is 3. The van der Waals surface area contributed by atoms with Gasteiger partial charge >= 0.3 is 6.18 Å². The van der Waals surface area contributed by atoms with E-state index in [1.165, 1.54) is 24.4 Å². The van der Waals surface area contributed by atoms with Crippen LogP contribution in [0.2, 0.25) is 0 Å². The van der Waals surface area contributed by atoms with Crippen LogP contribution in [0, 0.1) is 6.92 Å². The number of benzene rings is 1. The molecule has 4 nitrogen and oxygen atoms in total. The van der Waals surface area contributed by atoms with Gasteiger partial charge in [-0.05, 0) is 31.2 Å². The molecule has 1 N–H and O–H groups in total. The summed E-state index contributed by atoms with van der Waals surface area (Å²) in [5.41, 5.74) is -0.512. The zero-order valence-corrected chi connectivity index (χ0v) is 11.7. The second-order valence-corrected chi connectivity index (χ2v) is 5.94. The smallest absolute Gasteiger partial charge is 0.279 e. The average Bonchev–Trinajstić information content (AvgIpc) is 2.37. The maximum atomic E-state index is 12.9. The largest absolute Gasteiger partial charge is 0.417 e. The Balaban J connectivity index is 2.46. The molecular weight excluding hydrogens is 305 g/mol. The molecule has 0 unspecified atom stereocenters. The van der Waals surface area contributed by atoms with Crippen LogP contribution in [0.3, 0.4) is 0 Å². The van der Waals surface area contributed by atoms with Gasteiger partial charge in [0.1, 0.15) is 0 Å². The maximum Gasteiger partial charge on any atom is 0.417 e. The third kappa shape index (κ3) is 3.52. The quantitative estimate of drug-likeness (QED) is 0.946. The van der Waals surface area contributed by atoms with Crippen LogP contribution >= 0.6 is 0 Å². The summed E-state index contributed by atoms with van der Waals surface area (Å²) < 4.78 is 65.1. The molecule has 0 spiro atoms. The highest BCUT2D eigenvalue weighted by atomic mass is 32.2. The van der Waals surface area contributed by atoms with Crippen LogP contribution in [0.15, 0.2) is 47.5 Å². The highest BCUT2D eigenvalue weighted by molar-refractivity contribution is 7.92. The number of anilines is 1. The van der Waals surface area contributed by atoms with Crippen LogP contribution in [-0.4, -0.2) is 13.4 Å². The number of alkyl halides is 3. The second-order valence-electron chi connectivity index (χ2n) is 4.29. The van der Waals surface area contributed by atoms with E-state index in [9.17, 15) is 21.6 Å². The molecule has 1 aromatic carbocycles. The minimum absolute atomic E-state index is 0.152. The van der Waals surface area contributed by atoms with Gasteiger partial charge in [0.15, 0.2) is 0 Å². The molecule has 0 atom stereocenters. The molecule has 1 aromatic heterocycles. The molecular formula is C13H11F3N2O2S. The Morgan fingerprint density at radius 1 is 1.14 bits per heavy atom. The molecule has 0 radical (unpaired) electrons. The Bertz CT molecular complexity index is 758. The SMILES string of the molecule is Cc1cc(NS(=O)(=O)c2ccccc2C(F)(F)F)ccn1. The number of nitrogens with zero attached hydrogens (tertiary/aromatic N) is 1. The zero-order chi connectivity index (χ0) is 15.7. The summed E-state index contributed by atoms with van der Waals surface area (Å²) in [6, 6.07) is 6.81. The first-order valence-electron chi connectivity index (χ1n) is 5.82. The molecule has 1 heterocycles. The van der Waals surface area contributed by atoms with Crippen LogP contribution in [0.4, 0.5) is 18.9 Å². The molecule has 8 heteroatoms. The first kappa shape index (κ1) is 15.3. The molecule has 0 saturated heterocycles. The van der Waals surface area contributed by atoms with Gasteiger partial charge in [0.25, 0.3) is 10.0 Å². The fourth-order valence-corrected chi connectivity index (χ4v) is 3.03. The number of hydrogen-bond acceptors (Lipinski definition) is 3. The van der Waals surface area contributed by atoms with E-state index >= 15 is 0 Å². The number of pyridine rings is 1. The lowest BCUT2D eigenvalue weighted by molar-refractivity contribution is -0.139. The summed E-state index contributed by atoms with van der Waals surface area (Å²) >= 11 is 0. The van der Waals surface area contributed by atoms with Crippen LogP contribution in [0.25, 0.3) is 0 Å². The molecule has 112 valence electrons. The van der Waals surface area contributed by atoms with Gasteiger partial charge in [-0.15, -0.1) is 0 Å². The number of sulfonamides is 1. The molecule has 0 fully saturated rings.